The number of hydrogen-bond donors (Lipinski definition) is 2. The number of nitrogens with one attached hydrogen (secondary N) is 2. The van der Waals surface area contributed by atoms with Crippen LogP contribution in [0.2, 0.25) is 0 Å². The van der Waals surface area contributed by atoms with Gasteiger partial charge in [0.1, 0.15) is 12.3 Å². The smallest absolute Gasteiger partial charge is 0.331 e. The number of hydrogen-bond acceptors (Lipinski definition) is 5. The number of rotatable bonds is 10. The van der Waals surface area contributed by atoms with Crippen molar-refractivity contribution in [1.82, 2.24) is 19.8 Å². The first-order valence-electron chi connectivity index (χ1n) is 10.7. The van der Waals surface area contributed by atoms with Crippen LogP contribution < -0.4 is 21.9 Å². The van der Waals surface area contributed by atoms with Crippen LogP contribution >= 0.6 is 0 Å². The van der Waals surface area contributed by atoms with Crippen molar-refractivity contribution in [3.05, 3.63) is 69.3 Å². The molecule has 9 nitrogen and oxygen atoms in total. The predicted octanol–water partition coefficient (Wildman–Crippen LogP) is 1.77. The summed E-state index contributed by atoms with van der Waals surface area (Å²) in [4.78, 5) is 50.3. The van der Waals surface area contributed by atoms with E-state index in [2.05, 4.69) is 10.6 Å². The molecule has 0 fully saturated rings. The Hall–Kier alpha value is -3.62. The second-order valence-corrected chi connectivity index (χ2v) is 7.88. The van der Waals surface area contributed by atoms with E-state index >= 15 is 0 Å². The highest BCUT2D eigenvalue weighted by atomic mass is 16.3. The van der Waals surface area contributed by atoms with Crippen molar-refractivity contribution in [1.29, 1.82) is 0 Å². The molecule has 2 aromatic heterocycles. The van der Waals surface area contributed by atoms with Crippen molar-refractivity contribution in [2.75, 3.05) is 0 Å². The maximum absolute atomic E-state index is 13.1. The van der Waals surface area contributed by atoms with Gasteiger partial charge in [0.25, 0.3) is 5.56 Å². The molecule has 0 saturated heterocycles. The monoisotopic (exact) mass is 440 g/mol. The lowest BCUT2D eigenvalue weighted by Crippen LogP contribution is -2.42. The van der Waals surface area contributed by atoms with E-state index in [1.165, 1.54) is 10.8 Å². The molecular formula is C23H28N4O5. The fourth-order valence-corrected chi connectivity index (χ4v) is 3.47. The Labute approximate surface area is 185 Å². The van der Waals surface area contributed by atoms with E-state index in [0.29, 0.717) is 35.9 Å². The first-order valence-corrected chi connectivity index (χ1v) is 10.7. The van der Waals surface area contributed by atoms with Gasteiger partial charge < -0.3 is 15.1 Å². The molecule has 0 radical (unpaired) electrons. The molecule has 3 aromatic rings. The van der Waals surface area contributed by atoms with E-state index in [1.54, 1.807) is 36.4 Å². The van der Waals surface area contributed by atoms with Crippen LogP contribution in [0, 0.1) is 0 Å². The molecule has 0 spiro atoms. The highest BCUT2D eigenvalue weighted by Crippen LogP contribution is 2.08. The maximum atomic E-state index is 13.1. The molecule has 0 atom stereocenters. The molecule has 0 unspecified atom stereocenters. The van der Waals surface area contributed by atoms with E-state index in [9.17, 15) is 19.2 Å². The normalized spacial score (nSPS) is 11.1. The third-order valence-corrected chi connectivity index (χ3v) is 4.96. The number of furan rings is 1. The van der Waals surface area contributed by atoms with Crippen molar-refractivity contribution >= 4 is 22.7 Å². The summed E-state index contributed by atoms with van der Waals surface area (Å²) in [6.07, 6.45) is 2.87. The largest absolute Gasteiger partial charge is 0.467 e. The van der Waals surface area contributed by atoms with Gasteiger partial charge in [-0.05, 0) is 51.0 Å². The van der Waals surface area contributed by atoms with Gasteiger partial charge in [0.2, 0.25) is 11.8 Å². The molecular weight excluding hydrogens is 412 g/mol. The van der Waals surface area contributed by atoms with Gasteiger partial charge in [0, 0.05) is 19.0 Å². The molecule has 0 aliphatic rings. The Morgan fingerprint density at radius 1 is 1.00 bits per heavy atom. The summed E-state index contributed by atoms with van der Waals surface area (Å²) >= 11 is 0. The minimum Gasteiger partial charge on any atom is -0.467 e. The molecule has 0 bridgehead atoms. The van der Waals surface area contributed by atoms with Crippen molar-refractivity contribution in [2.45, 2.75) is 58.8 Å². The fourth-order valence-electron chi connectivity index (χ4n) is 3.47. The SMILES string of the molecule is CC(C)NC(=O)CCCCn1c(=O)c2ccccc2n(CC(=O)NCc2ccco2)c1=O. The van der Waals surface area contributed by atoms with Crippen molar-refractivity contribution < 1.29 is 14.0 Å². The number of nitrogens with zero attached hydrogens (tertiary/aromatic N) is 2. The zero-order valence-electron chi connectivity index (χ0n) is 18.3. The lowest BCUT2D eigenvalue weighted by atomic mass is 10.2. The molecule has 1 aromatic carbocycles. The number of amides is 2. The molecule has 0 aliphatic carbocycles. The first kappa shape index (κ1) is 23.1. The van der Waals surface area contributed by atoms with E-state index in [4.69, 9.17) is 4.42 Å². The zero-order valence-corrected chi connectivity index (χ0v) is 18.3. The van der Waals surface area contributed by atoms with Crippen LogP contribution in [0.5, 0.6) is 0 Å². The van der Waals surface area contributed by atoms with Crippen LogP contribution in [0.3, 0.4) is 0 Å². The average molecular weight is 441 g/mol. The molecule has 0 aliphatic heterocycles. The molecule has 2 N–H and O–H groups in total. The van der Waals surface area contributed by atoms with Gasteiger partial charge in [-0.15, -0.1) is 0 Å². The van der Waals surface area contributed by atoms with E-state index < -0.39 is 11.2 Å². The van der Waals surface area contributed by atoms with Gasteiger partial charge in [0.05, 0.1) is 23.7 Å². The van der Waals surface area contributed by atoms with Crippen molar-refractivity contribution in [3.8, 4) is 0 Å². The molecule has 2 amide bonds. The van der Waals surface area contributed by atoms with Gasteiger partial charge >= 0.3 is 5.69 Å². The molecule has 3 rings (SSSR count). The highest BCUT2D eigenvalue weighted by Gasteiger charge is 2.15. The number of unbranched alkanes of at least 4 members (excludes halogenated alkanes) is 1. The maximum Gasteiger partial charge on any atom is 0.331 e. The molecule has 32 heavy (non-hydrogen) atoms. The summed E-state index contributed by atoms with van der Waals surface area (Å²) < 4.78 is 7.65. The number of carbonyl (C=O) groups is 2. The van der Waals surface area contributed by atoms with Gasteiger partial charge in [-0.25, -0.2) is 4.79 Å². The second-order valence-electron chi connectivity index (χ2n) is 7.88. The second kappa shape index (κ2) is 10.6. The Kier molecular flexibility index (Phi) is 7.64. The standard InChI is InChI=1S/C23H28N4O5/c1-16(2)25-20(28)11-5-6-12-26-22(30)18-9-3-4-10-19(18)27(23(26)31)15-21(29)24-14-17-8-7-13-32-17/h3-4,7-10,13,16H,5-6,11-12,14-15H2,1-2H3,(H,24,29)(H,25,28). The topological polar surface area (TPSA) is 115 Å². The van der Waals surface area contributed by atoms with Gasteiger partial charge in [0.15, 0.2) is 0 Å². The summed E-state index contributed by atoms with van der Waals surface area (Å²) in [5.41, 5.74) is -0.541. The first-order chi connectivity index (χ1) is 15.4. The Morgan fingerprint density at radius 3 is 2.50 bits per heavy atom. The number of benzene rings is 1. The summed E-state index contributed by atoms with van der Waals surface area (Å²) in [5, 5.41) is 5.90. The number of carbonyl (C=O) groups excluding carboxylic acids is 2. The number of para-hydroxylation sites is 1. The van der Waals surface area contributed by atoms with E-state index in [0.717, 1.165) is 4.57 Å². The third-order valence-electron chi connectivity index (χ3n) is 4.96. The van der Waals surface area contributed by atoms with Crippen LogP contribution in [0.1, 0.15) is 38.9 Å². The minimum absolute atomic E-state index is 0.0588. The number of fused-ring (bicyclic) bond motifs is 1. The van der Waals surface area contributed by atoms with Gasteiger partial charge in [-0.3, -0.25) is 23.5 Å². The summed E-state index contributed by atoms with van der Waals surface area (Å²) in [5.74, 6) is 0.169. The predicted molar refractivity (Wildman–Crippen MR) is 120 cm³/mol. The highest BCUT2D eigenvalue weighted by molar-refractivity contribution is 5.81. The van der Waals surface area contributed by atoms with Gasteiger partial charge in [-0.1, -0.05) is 12.1 Å². The van der Waals surface area contributed by atoms with Crippen molar-refractivity contribution in [2.24, 2.45) is 0 Å². The van der Waals surface area contributed by atoms with E-state index in [1.807, 2.05) is 13.8 Å². The van der Waals surface area contributed by atoms with E-state index in [-0.39, 0.29) is 37.5 Å². The summed E-state index contributed by atoms with van der Waals surface area (Å²) in [7, 11) is 0. The van der Waals surface area contributed by atoms with Crippen LogP contribution in [-0.4, -0.2) is 27.0 Å². The van der Waals surface area contributed by atoms with Crippen LogP contribution in [-0.2, 0) is 29.2 Å². The van der Waals surface area contributed by atoms with Gasteiger partial charge in [-0.2, -0.15) is 0 Å². The molecule has 9 heteroatoms. The van der Waals surface area contributed by atoms with Crippen LogP contribution in [0.4, 0.5) is 0 Å². The average Bonchev–Trinajstić information content (AvgIpc) is 3.28. The minimum atomic E-state index is -0.548. The molecule has 2 heterocycles. The molecule has 0 saturated carbocycles. The van der Waals surface area contributed by atoms with Crippen LogP contribution in [0.25, 0.3) is 10.9 Å². The zero-order chi connectivity index (χ0) is 23.1. The summed E-state index contributed by atoms with van der Waals surface area (Å²) in [6.45, 7) is 3.93. The Balaban J connectivity index is 1.77. The summed E-state index contributed by atoms with van der Waals surface area (Å²) in [6, 6.07) is 10.3. The quantitative estimate of drug-likeness (QED) is 0.466. The van der Waals surface area contributed by atoms with Crippen molar-refractivity contribution in [3.63, 3.8) is 0 Å². The third kappa shape index (κ3) is 5.75. The van der Waals surface area contributed by atoms with Crippen LogP contribution in [0.15, 0.2) is 56.7 Å². The fraction of sp³-hybridized carbons (Fsp3) is 0.391. The lowest BCUT2D eigenvalue weighted by Gasteiger charge is -2.14. The Bertz CT molecular complexity index is 1190. The molecule has 170 valence electrons. The lowest BCUT2D eigenvalue weighted by molar-refractivity contribution is -0.122. The Morgan fingerprint density at radius 2 is 1.78 bits per heavy atom. The number of aromatic nitrogens is 2.